The van der Waals surface area contributed by atoms with Crippen molar-refractivity contribution in [1.82, 2.24) is 15.3 Å². The Balaban J connectivity index is 1.57. The first kappa shape index (κ1) is 19.5. The highest BCUT2D eigenvalue weighted by Crippen LogP contribution is 2.24. The molecule has 0 radical (unpaired) electrons. The maximum absolute atomic E-state index is 12.9. The average Bonchev–Trinajstić information content (AvgIpc) is 2.66. The maximum Gasteiger partial charge on any atom is 0.254 e. The number of hydrogen-bond acceptors (Lipinski definition) is 4. The molecule has 1 aromatic heterocycles. The molecular weight excluding hydrogens is 355 g/mol. The highest BCUT2D eigenvalue weighted by molar-refractivity contribution is 5.93. The molecule has 2 N–H and O–H groups in total. The van der Waals surface area contributed by atoms with Gasteiger partial charge in [-0.15, -0.1) is 0 Å². The standard InChI is InChI=1S/C22H23FN4O/c1-14-10-15(2)20(16(3)11-14)27-22-25-12-18(13-26-22)21(28)24-9-8-17-4-6-19(23)7-5-17/h4-7,10-13H,8-9H2,1-3H3,(H,24,28)(H,25,26,27). The lowest BCUT2D eigenvalue weighted by Gasteiger charge is -2.12. The smallest absolute Gasteiger partial charge is 0.254 e. The van der Waals surface area contributed by atoms with Gasteiger partial charge < -0.3 is 10.6 Å². The zero-order chi connectivity index (χ0) is 20.1. The van der Waals surface area contributed by atoms with Crippen LogP contribution in [0.2, 0.25) is 0 Å². The van der Waals surface area contributed by atoms with Crippen molar-refractivity contribution in [3.8, 4) is 0 Å². The lowest BCUT2D eigenvalue weighted by atomic mass is 10.1. The van der Waals surface area contributed by atoms with Gasteiger partial charge in [0.1, 0.15) is 5.82 Å². The minimum atomic E-state index is -0.269. The van der Waals surface area contributed by atoms with Gasteiger partial charge in [0.25, 0.3) is 5.91 Å². The summed E-state index contributed by atoms with van der Waals surface area (Å²) >= 11 is 0. The number of rotatable bonds is 6. The second kappa shape index (κ2) is 8.61. The van der Waals surface area contributed by atoms with Crippen LogP contribution >= 0.6 is 0 Å². The van der Waals surface area contributed by atoms with Crippen LogP contribution < -0.4 is 10.6 Å². The van der Waals surface area contributed by atoms with Crippen molar-refractivity contribution in [2.24, 2.45) is 0 Å². The Bertz CT molecular complexity index is 946. The number of carbonyl (C=O) groups excluding carboxylic acids is 1. The van der Waals surface area contributed by atoms with Crippen LogP contribution in [-0.2, 0) is 6.42 Å². The van der Waals surface area contributed by atoms with E-state index in [9.17, 15) is 9.18 Å². The Morgan fingerprint density at radius 2 is 1.61 bits per heavy atom. The fraction of sp³-hybridized carbons (Fsp3) is 0.227. The number of amides is 1. The number of hydrogen-bond donors (Lipinski definition) is 2. The van der Waals surface area contributed by atoms with Gasteiger partial charge in [-0.2, -0.15) is 0 Å². The zero-order valence-corrected chi connectivity index (χ0v) is 16.2. The molecule has 2 aromatic carbocycles. The van der Waals surface area contributed by atoms with Crippen molar-refractivity contribution in [3.05, 3.63) is 82.4 Å². The molecule has 28 heavy (non-hydrogen) atoms. The summed E-state index contributed by atoms with van der Waals surface area (Å²) in [5.41, 5.74) is 5.76. The normalized spacial score (nSPS) is 10.6. The van der Waals surface area contributed by atoms with Gasteiger partial charge >= 0.3 is 0 Å². The molecule has 0 bridgehead atoms. The van der Waals surface area contributed by atoms with Crippen LogP contribution in [0.4, 0.5) is 16.0 Å². The molecule has 144 valence electrons. The lowest BCUT2D eigenvalue weighted by Crippen LogP contribution is -2.26. The van der Waals surface area contributed by atoms with Crippen LogP contribution in [0.1, 0.15) is 32.6 Å². The van der Waals surface area contributed by atoms with E-state index in [2.05, 4.69) is 39.7 Å². The summed E-state index contributed by atoms with van der Waals surface area (Å²) in [6, 6.07) is 10.4. The average molecular weight is 378 g/mol. The van der Waals surface area contributed by atoms with Gasteiger partial charge in [0, 0.05) is 24.6 Å². The number of carbonyl (C=O) groups is 1. The topological polar surface area (TPSA) is 66.9 Å². The van der Waals surface area contributed by atoms with E-state index < -0.39 is 0 Å². The van der Waals surface area contributed by atoms with Crippen LogP contribution in [0.25, 0.3) is 0 Å². The Labute approximate surface area is 164 Å². The zero-order valence-electron chi connectivity index (χ0n) is 16.2. The molecule has 3 aromatic rings. The van der Waals surface area contributed by atoms with E-state index >= 15 is 0 Å². The van der Waals surface area contributed by atoms with Gasteiger partial charge in [-0.1, -0.05) is 29.8 Å². The Hall–Kier alpha value is -3.28. The van der Waals surface area contributed by atoms with Gasteiger partial charge in [-0.05, 0) is 56.0 Å². The fourth-order valence-corrected chi connectivity index (χ4v) is 3.07. The minimum absolute atomic E-state index is 0.239. The van der Waals surface area contributed by atoms with Crippen molar-refractivity contribution in [2.45, 2.75) is 27.2 Å². The monoisotopic (exact) mass is 378 g/mol. The number of anilines is 2. The van der Waals surface area contributed by atoms with Gasteiger partial charge in [0.05, 0.1) is 5.56 Å². The summed E-state index contributed by atoms with van der Waals surface area (Å²) in [6.07, 6.45) is 3.63. The fourth-order valence-electron chi connectivity index (χ4n) is 3.07. The lowest BCUT2D eigenvalue weighted by molar-refractivity contribution is 0.0953. The van der Waals surface area contributed by atoms with Gasteiger partial charge in [-0.3, -0.25) is 4.79 Å². The van der Waals surface area contributed by atoms with Crippen molar-refractivity contribution in [1.29, 1.82) is 0 Å². The van der Waals surface area contributed by atoms with Crippen LogP contribution in [0.5, 0.6) is 0 Å². The number of halogens is 1. The van der Waals surface area contributed by atoms with Crippen LogP contribution in [0, 0.1) is 26.6 Å². The maximum atomic E-state index is 12.9. The summed E-state index contributed by atoms with van der Waals surface area (Å²) in [5.74, 6) is -0.0658. The molecule has 0 fully saturated rings. The molecule has 0 saturated heterocycles. The first-order valence-electron chi connectivity index (χ1n) is 9.12. The molecule has 1 amide bonds. The van der Waals surface area contributed by atoms with Crippen LogP contribution in [0.3, 0.4) is 0 Å². The molecule has 3 rings (SSSR count). The highest BCUT2D eigenvalue weighted by Gasteiger charge is 2.09. The molecule has 0 unspecified atom stereocenters. The van der Waals surface area contributed by atoms with Crippen molar-refractivity contribution >= 4 is 17.5 Å². The molecule has 0 aliphatic carbocycles. The van der Waals surface area contributed by atoms with Gasteiger partial charge in [-0.25, -0.2) is 14.4 Å². The molecule has 0 saturated carbocycles. The third-order valence-corrected chi connectivity index (χ3v) is 4.44. The van der Waals surface area contributed by atoms with E-state index in [0.717, 1.165) is 22.4 Å². The third kappa shape index (κ3) is 4.91. The number of benzene rings is 2. The number of aryl methyl sites for hydroxylation is 3. The third-order valence-electron chi connectivity index (χ3n) is 4.44. The van der Waals surface area contributed by atoms with E-state index in [1.54, 1.807) is 12.1 Å². The second-order valence-corrected chi connectivity index (χ2v) is 6.83. The van der Waals surface area contributed by atoms with E-state index in [1.165, 1.54) is 30.1 Å². The Morgan fingerprint density at radius 3 is 2.21 bits per heavy atom. The molecule has 0 atom stereocenters. The number of aromatic nitrogens is 2. The summed E-state index contributed by atoms with van der Waals surface area (Å²) in [6.45, 7) is 6.58. The summed E-state index contributed by atoms with van der Waals surface area (Å²) in [4.78, 5) is 20.7. The molecule has 0 aliphatic rings. The summed E-state index contributed by atoms with van der Waals surface area (Å²) in [7, 11) is 0. The highest BCUT2D eigenvalue weighted by atomic mass is 19.1. The SMILES string of the molecule is Cc1cc(C)c(Nc2ncc(C(=O)NCCc3ccc(F)cc3)cn2)c(C)c1. The second-order valence-electron chi connectivity index (χ2n) is 6.83. The Morgan fingerprint density at radius 1 is 1.00 bits per heavy atom. The molecule has 5 nitrogen and oxygen atoms in total. The molecule has 1 heterocycles. The minimum Gasteiger partial charge on any atom is -0.352 e. The van der Waals surface area contributed by atoms with Gasteiger partial charge in [0.2, 0.25) is 5.95 Å². The predicted molar refractivity (Wildman–Crippen MR) is 108 cm³/mol. The van der Waals surface area contributed by atoms with E-state index in [0.29, 0.717) is 24.5 Å². The van der Waals surface area contributed by atoms with Crippen LogP contribution in [-0.4, -0.2) is 22.4 Å². The number of nitrogens with one attached hydrogen (secondary N) is 2. The van der Waals surface area contributed by atoms with E-state index in [-0.39, 0.29) is 11.7 Å². The van der Waals surface area contributed by atoms with E-state index in [1.807, 2.05) is 13.8 Å². The van der Waals surface area contributed by atoms with E-state index in [4.69, 9.17) is 0 Å². The summed E-state index contributed by atoms with van der Waals surface area (Å²) < 4.78 is 12.9. The molecular formula is C22H23FN4O. The quantitative estimate of drug-likeness (QED) is 0.673. The first-order chi connectivity index (χ1) is 13.4. The molecule has 6 heteroatoms. The number of nitrogens with zero attached hydrogens (tertiary/aromatic N) is 2. The predicted octanol–water partition coefficient (Wildman–Crippen LogP) is 4.26. The van der Waals surface area contributed by atoms with Crippen molar-refractivity contribution in [2.75, 3.05) is 11.9 Å². The molecule has 0 spiro atoms. The summed E-state index contributed by atoms with van der Waals surface area (Å²) in [5, 5.41) is 6.04. The van der Waals surface area contributed by atoms with Gasteiger partial charge in [0.15, 0.2) is 0 Å². The molecule has 0 aliphatic heterocycles. The first-order valence-corrected chi connectivity index (χ1v) is 9.12. The Kier molecular flexibility index (Phi) is 5.99. The van der Waals surface area contributed by atoms with Crippen molar-refractivity contribution < 1.29 is 9.18 Å². The van der Waals surface area contributed by atoms with Crippen LogP contribution in [0.15, 0.2) is 48.8 Å². The largest absolute Gasteiger partial charge is 0.352 e. The van der Waals surface area contributed by atoms with Crippen molar-refractivity contribution in [3.63, 3.8) is 0 Å².